The van der Waals surface area contributed by atoms with E-state index in [1.807, 2.05) is 0 Å². The molecule has 1 N–H and O–H groups in total. The van der Waals surface area contributed by atoms with Crippen LogP contribution in [0.5, 0.6) is 0 Å². The maximum absolute atomic E-state index is 9.82. The lowest BCUT2D eigenvalue weighted by molar-refractivity contribution is -0.246. The van der Waals surface area contributed by atoms with Crippen LogP contribution in [0.25, 0.3) is 0 Å². The normalized spacial score (nSPS) is 39.2. The molecule has 1 aliphatic heterocycles. The molecule has 88 valence electrons. The van der Waals surface area contributed by atoms with E-state index in [2.05, 4.69) is 6.92 Å². The van der Waals surface area contributed by atoms with Crippen LogP contribution in [0.1, 0.15) is 45.4 Å². The highest BCUT2D eigenvalue weighted by atomic mass is 16.7. The molecule has 1 heterocycles. The Bertz CT molecular complexity index is 189. The standard InChI is InChI=1S/C12H22O3/c1-9-7-11(13)12(14-8-9)15-10-5-3-2-4-6-10/h9-13H,2-8H2,1H3. The van der Waals surface area contributed by atoms with E-state index in [4.69, 9.17) is 9.47 Å². The quantitative estimate of drug-likeness (QED) is 0.765. The summed E-state index contributed by atoms with van der Waals surface area (Å²) in [6.07, 6.45) is 6.40. The van der Waals surface area contributed by atoms with Gasteiger partial charge < -0.3 is 14.6 Å². The molecule has 0 aromatic rings. The van der Waals surface area contributed by atoms with E-state index >= 15 is 0 Å². The Hall–Kier alpha value is -0.120. The van der Waals surface area contributed by atoms with Gasteiger partial charge in [0.25, 0.3) is 0 Å². The third-order valence-electron chi connectivity index (χ3n) is 3.38. The van der Waals surface area contributed by atoms with E-state index in [-0.39, 0.29) is 6.29 Å². The summed E-state index contributed by atoms with van der Waals surface area (Å²) in [5.74, 6) is 0.450. The molecule has 2 rings (SSSR count). The molecule has 15 heavy (non-hydrogen) atoms. The number of ether oxygens (including phenoxy) is 2. The Labute approximate surface area is 91.8 Å². The van der Waals surface area contributed by atoms with Crippen molar-refractivity contribution in [3.8, 4) is 0 Å². The molecule has 3 atom stereocenters. The highest BCUT2D eigenvalue weighted by Crippen LogP contribution is 2.26. The zero-order valence-electron chi connectivity index (χ0n) is 9.52. The Morgan fingerprint density at radius 1 is 1.20 bits per heavy atom. The van der Waals surface area contributed by atoms with Crippen molar-refractivity contribution in [2.24, 2.45) is 5.92 Å². The van der Waals surface area contributed by atoms with Gasteiger partial charge >= 0.3 is 0 Å². The molecule has 1 aliphatic carbocycles. The van der Waals surface area contributed by atoms with Gasteiger partial charge in [0.15, 0.2) is 6.29 Å². The van der Waals surface area contributed by atoms with Crippen LogP contribution in [-0.4, -0.2) is 30.2 Å². The minimum Gasteiger partial charge on any atom is -0.388 e. The fourth-order valence-electron chi connectivity index (χ4n) is 2.48. The molecular formula is C12H22O3. The lowest BCUT2D eigenvalue weighted by Crippen LogP contribution is -2.42. The minimum atomic E-state index is -0.435. The lowest BCUT2D eigenvalue weighted by Gasteiger charge is -2.35. The number of aliphatic hydroxyl groups excluding tert-OH is 1. The zero-order valence-corrected chi connectivity index (χ0v) is 9.52. The summed E-state index contributed by atoms with van der Waals surface area (Å²) in [6, 6.07) is 0. The van der Waals surface area contributed by atoms with Crippen molar-refractivity contribution < 1.29 is 14.6 Å². The summed E-state index contributed by atoms with van der Waals surface area (Å²) in [4.78, 5) is 0. The third-order valence-corrected chi connectivity index (χ3v) is 3.38. The molecule has 3 nitrogen and oxygen atoms in total. The second kappa shape index (κ2) is 5.28. The Kier molecular flexibility index (Phi) is 4.00. The highest BCUT2D eigenvalue weighted by Gasteiger charge is 2.30. The van der Waals surface area contributed by atoms with E-state index in [0.717, 1.165) is 19.3 Å². The van der Waals surface area contributed by atoms with Crippen LogP contribution in [0, 0.1) is 5.92 Å². The third kappa shape index (κ3) is 3.16. The van der Waals surface area contributed by atoms with Crippen molar-refractivity contribution in [1.29, 1.82) is 0 Å². The van der Waals surface area contributed by atoms with Gasteiger partial charge in [-0.3, -0.25) is 0 Å². The molecule has 3 heteroatoms. The van der Waals surface area contributed by atoms with Crippen LogP contribution >= 0.6 is 0 Å². The van der Waals surface area contributed by atoms with Gasteiger partial charge in [-0.05, 0) is 25.2 Å². The summed E-state index contributed by atoms with van der Waals surface area (Å²) in [7, 11) is 0. The van der Waals surface area contributed by atoms with E-state index < -0.39 is 6.10 Å². The van der Waals surface area contributed by atoms with Crippen LogP contribution < -0.4 is 0 Å². The topological polar surface area (TPSA) is 38.7 Å². The largest absolute Gasteiger partial charge is 0.388 e. The summed E-state index contributed by atoms with van der Waals surface area (Å²) >= 11 is 0. The number of hydrogen-bond donors (Lipinski definition) is 1. The molecule has 2 fully saturated rings. The molecule has 1 saturated heterocycles. The first-order chi connectivity index (χ1) is 7.25. The van der Waals surface area contributed by atoms with Crippen molar-refractivity contribution in [2.75, 3.05) is 6.61 Å². The molecule has 0 aromatic carbocycles. The smallest absolute Gasteiger partial charge is 0.183 e. The molecule has 3 unspecified atom stereocenters. The molecule has 0 radical (unpaired) electrons. The maximum atomic E-state index is 9.82. The van der Waals surface area contributed by atoms with Crippen LogP contribution in [0.4, 0.5) is 0 Å². The number of aliphatic hydroxyl groups is 1. The fraction of sp³-hybridized carbons (Fsp3) is 1.00. The summed E-state index contributed by atoms with van der Waals surface area (Å²) < 4.78 is 11.4. The monoisotopic (exact) mass is 214 g/mol. The molecule has 0 bridgehead atoms. The van der Waals surface area contributed by atoms with Gasteiger partial charge in [-0.15, -0.1) is 0 Å². The second-order valence-corrected chi connectivity index (χ2v) is 5.01. The number of hydrogen-bond acceptors (Lipinski definition) is 3. The first kappa shape index (κ1) is 11.4. The summed E-state index contributed by atoms with van der Waals surface area (Å²) in [5.41, 5.74) is 0. The van der Waals surface area contributed by atoms with Crippen molar-refractivity contribution in [3.63, 3.8) is 0 Å². The molecule has 1 saturated carbocycles. The molecule has 2 aliphatic rings. The Balaban J connectivity index is 1.77. The van der Waals surface area contributed by atoms with Crippen molar-refractivity contribution in [1.82, 2.24) is 0 Å². The van der Waals surface area contributed by atoms with Crippen LogP contribution in [0.3, 0.4) is 0 Å². The van der Waals surface area contributed by atoms with Crippen molar-refractivity contribution >= 4 is 0 Å². The molecular weight excluding hydrogens is 192 g/mol. The van der Waals surface area contributed by atoms with Gasteiger partial charge in [-0.25, -0.2) is 0 Å². The predicted octanol–water partition coefficient (Wildman–Crippen LogP) is 2.08. The van der Waals surface area contributed by atoms with Crippen molar-refractivity contribution in [3.05, 3.63) is 0 Å². The average molecular weight is 214 g/mol. The van der Waals surface area contributed by atoms with Gasteiger partial charge in [0.05, 0.1) is 12.7 Å². The summed E-state index contributed by atoms with van der Waals surface area (Å²) in [5, 5.41) is 9.82. The van der Waals surface area contributed by atoms with Crippen molar-refractivity contribution in [2.45, 2.75) is 63.9 Å². The highest BCUT2D eigenvalue weighted by molar-refractivity contribution is 4.73. The van der Waals surface area contributed by atoms with Gasteiger partial charge in [0.2, 0.25) is 0 Å². The second-order valence-electron chi connectivity index (χ2n) is 5.01. The zero-order chi connectivity index (χ0) is 10.7. The van der Waals surface area contributed by atoms with E-state index in [9.17, 15) is 5.11 Å². The molecule has 0 aromatic heterocycles. The number of rotatable bonds is 2. The Morgan fingerprint density at radius 3 is 2.60 bits per heavy atom. The SMILES string of the molecule is CC1COC(OC2CCCCC2)C(O)C1. The maximum Gasteiger partial charge on any atom is 0.183 e. The first-order valence-electron chi connectivity index (χ1n) is 6.21. The summed E-state index contributed by atoms with van der Waals surface area (Å²) in [6.45, 7) is 2.81. The van der Waals surface area contributed by atoms with Gasteiger partial charge in [-0.1, -0.05) is 26.2 Å². The fourth-order valence-corrected chi connectivity index (χ4v) is 2.48. The lowest BCUT2D eigenvalue weighted by atomic mass is 9.97. The van der Waals surface area contributed by atoms with Gasteiger partial charge in [0, 0.05) is 0 Å². The first-order valence-corrected chi connectivity index (χ1v) is 6.21. The predicted molar refractivity (Wildman–Crippen MR) is 57.5 cm³/mol. The van der Waals surface area contributed by atoms with E-state index in [0.29, 0.717) is 18.6 Å². The van der Waals surface area contributed by atoms with Crippen LogP contribution in [0.2, 0.25) is 0 Å². The van der Waals surface area contributed by atoms with Gasteiger partial charge in [-0.2, -0.15) is 0 Å². The average Bonchev–Trinajstić information content (AvgIpc) is 2.24. The Morgan fingerprint density at radius 2 is 1.93 bits per heavy atom. The minimum absolute atomic E-state index is 0.312. The van der Waals surface area contributed by atoms with Crippen LogP contribution in [-0.2, 0) is 9.47 Å². The van der Waals surface area contributed by atoms with E-state index in [1.165, 1.54) is 19.3 Å². The van der Waals surface area contributed by atoms with E-state index in [1.54, 1.807) is 0 Å². The molecule has 0 amide bonds. The van der Waals surface area contributed by atoms with Gasteiger partial charge in [0.1, 0.15) is 6.10 Å². The molecule has 0 spiro atoms. The van der Waals surface area contributed by atoms with Crippen LogP contribution in [0.15, 0.2) is 0 Å².